The van der Waals surface area contributed by atoms with E-state index in [0.29, 0.717) is 29.6 Å². The highest BCUT2D eigenvalue weighted by Gasteiger charge is 2.07. The summed E-state index contributed by atoms with van der Waals surface area (Å²) in [5, 5.41) is 2.89. The molecule has 3 N–H and O–H groups in total. The second-order valence-electron chi connectivity index (χ2n) is 5.49. The molecule has 0 unspecified atom stereocenters. The minimum Gasteiger partial charge on any atom is -0.408 e. The molecule has 7 heteroatoms. The van der Waals surface area contributed by atoms with Gasteiger partial charge < -0.3 is 14.7 Å². The number of fused-ring (bicyclic) bond motifs is 2. The van der Waals surface area contributed by atoms with Crippen molar-refractivity contribution in [3.63, 3.8) is 0 Å². The maximum atomic E-state index is 12.2. The van der Waals surface area contributed by atoms with Crippen molar-refractivity contribution in [2.75, 3.05) is 6.54 Å². The fourth-order valence-electron chi connectivity index (χ4n) is 2.65. The summed E-state index contributed by atoms with van der Waals surface area (Å²) >= 11 is 0. The first-order valence-corrected chi connectivity index (χ1v) is 7.52. The smallest absolute Gasteiger partial charge is 0.408 e. The van der Waals surface area contributed by atoms with Gasteiger partial charge in [0.05, 0.1) is 22.9 Å². The van der Waals surface area contributed by atoms with E-state index in [1.54, 1.807) is 24.5 Å². The molecule has 7 nitrogen and oxygen atoms in total. The zero-order valence-electron chi connectivity index (χ0n) is 12.6. The highest BCUT2D eigenvalue weighted by Crippen LogP contribution is 2.13. The Morgan fingerprint density at radius 2 is 2.08 bits per heavy atom. The molecule has 0 aliphatic rings. The summed E-state index contributed by atoms with van der Waals surface area (Å²) in [6, 6.07) is 10.8. The lowest BCUT2D eigenvalue weighted by atomic mass is 10.1. The quantitative estimate of drug-likeness (QED) is 0.534. The fraction of sp³-hybridized carbons (Fsp3) is 0.118. The van der Waals surface area contributed by atoms with E-state index in [2.05, 4.69) is 20.3 Å². The number of aromatic nitrogens is 3. The Morgan fingerprint density at radius 1 is 1.17 bits per heavy atom. The SMILES string of the molecule is O=C(NCCc1ccc2oc(=O)[nH]c2c1)c1ccc2nc[nH]c2c1. The summed E-state index contributed by atoms with van der Waals surface area (Å²) in [5.74, 6) is -0.603. The Bertz CT molecular complexity index is 1090. The molecular formula is C17H14N4O3. The maximum Gasteiger partial charge on any atom is 0.417 e. The van der Waals surface area contributed by atoms with Crippen LogP contribution in [-0.4, -0.2) is 27.4 Å². The first-order valence-electron chi connectivity index (χ1n) is 7.52. The molecule has 1 amide bonds. The molecule has 0 atom stereocenters. The van der Waals surface area contributed by atoms with Gasteiger partial charge in [0.1, 0.15) is 0 Å². The lowest BCUT2D eigenvalue weighted by Gasteiger charge is -2.05. The number of carbonyl (C=O) groups excluding carboxylic acids is 1. The van der Waals surface area contributed by atoms with E-state index in [1.165, 1.54) is 0 Å². The van der Waals surface area contributed by atoms with Crippen LogP contribution in [0.15, 0.2) is 51.9 Å². The molecule has 0 aliphatic carbocycles. The normalized spacial score (nSPS) is 11.2. The van der Waals surface area contributed by atoms with Crippen molar-refractivity contribution in [2.24, 2.45) is 0 Å². The number of amides is 1. The Labute approximate surface area is 135 Å². The van der Waals surface area contributed by atoms with E-state index in [1.807, 2.05) is 18.2 Å². The molecule has 24 heavy (non-hydrogen) atoms. The lowest BCUT2D eigenvalue weighted by Crippen LogP contribution is -2.25. The zero-order chi connectivity index (χ0) is 16.5. The molecule has 120 valence electrons. The van der Waals surface area contributed by atoms with E-state index in [-0.39, 0.29) is 5.91 Å². The van der Waals surface area contributed by atoms with Crippen LogP contribution >= 0.6 is 0 Å². The molecular weight excluding hydrogens is 308 g/mol. The van der Waals surface area contributed by atoms with Gasteiger partial charge in [0.25, 0.3) is 5.91 Å². The predicted molar refractivity (Wildman–Crippen MR) is 89.0 cm³/mol. The molecule has 2 heterocycles. The Hall–Kier alpha value is -3.35. The third-order valence-corrected chi connectivity index (χ3v) is 3.87. The first kappa shape index (κ1) is 14.3. The van der Waals surface area contributed by atoms with Gasteiger partial charge in [-0.3, -0.25) is 9.78 Å². The van der Waals surface area contributed by atoms with Gasteiger partial charge >= 0.3 is 5.76 Å². The summed E-state index contributed by atoms with van der Waals surface area (Å²) in [4.78, 5) is 33.1. The number of hydrogen-bond acceptors (Lipinski definition) is 4. The van der Waals surface area contributed by atoms with Crippen LogP contribution in [0.25, 0.3) is 22.1 Å². The highest BCUT2D eigenvalue weighted by atomic mass is 16.4. The number of imidazole rings is 1. The molecule has 0 spiro atoms. The molecule has 0 radical (unpaired) electrons. The largest absolute Gasteiger partial charge is 0.417 e. The maximum absolute atomic E-state index is 12.2. The number of aromatic amines is 2. The fourth-order valence-corrected chi connectivity index (χ4v) is 2.65. The minimum absolute atomic E-state index is 0.135. The van der Waals surface area contributed by atoms with Crippen LogP contribution in [0.5, 0.6) is 0 Å². The van der Waals surface area contributed by atoms with Gasteiger partial charge in [-0.05, 0) is 42.3 Å². The van der Waals surface area contributed by atoms with Crippen molar-refractivity contribution in [1.29, 1.82) is 0 Å². The predicted octanol–water partition coefficient (Wildman–Crippen LogP) is 1.97. The average Bonchev–Trinajstić information content (AvgIpc) is 3.18. The van der Waals surface area contributed by atoms with Gasteiger partial charge in [0, 0.05) is 12.1 Å². The van der Waals surface area contributed by atoms with Gasteiger partial charge in [-0.25, -0.2) is 9.78 Å². The molecule has 0 saturated heterocycles. The van der Waals surface area contributed by atoms with Gasteiger partial charge in [0.15, 0.2) is 5.58 Å². The number of oxazole rings is 1. The van der Waals surface area contributed by atoms with Crippen LogP contribution in [0, 0.1) is 0 Å². The van der Waals surface area contributed by atoms with Crippen molar-refractivity contribution in [1.82, 2.24) is 20.3 Å². The van der Waals surface area contributed by atoms with Gasteiger partial charge in [-0.1, -0.05) is 6.07 Å². The second-order valence-corrected chi connectivity index (χ2v) is 5.49. The van der Waals surface area contributed by atoms with Crippen molar-refractivity contribution in [3.05, 3.63) is 64.4 Å². The van der Waals surface area contributed by atoms with E-state index in [0.717, 1.165) is 16.6 Å². The van der Waals surface area contributed by atoms with Crippen LogP contribution in [-0.2, 0) is 6.42 Å². The van der Waals surface area contributed by atoms with E-state index in [9.17, 15) is 9.59 Å². The van der Waals surface area contributed by atoms with E-state index >= 15 is 0 Å². The molecule has 0 aliphatic heterocycles. The number of nitrogens with zero attached hydrogens (tertiary/aromatic N) is 1. The Morgan fingerprint density at radius 3 is 3.00 bits per heavy atom. The van der Waals surface area contributed by atoms with Crippen molar-refractivity contribution < 1.29 is 9.21 Å². The summed E-state index contributed by atoms with van der Waals surface area (Å²) in [7, 11) is 0. The summed E-state index contributed by atoms with van der Waals surface area (Å²) in [5.41, 5.74) is 4.44. The Balaban J connectivity index is 1.41. The summed E-state index contributed by atoms with van der Waals surface area (Å²) in [6.07, 6.45) is 2.25. The number of H-pyrrole nitrogens is 2. The average molecular weight is 322 g/mol. The van der Waals surface area contributed by atoms with Gasteiger partial charge in [-0.15, -0.1) is 0 Å². The number of benzene rings is 2. The van der Waals surface area contributed by atoms with Crippen molar-refractivity contribution in [3.8, 4) is 0 Å². The van der Waals surface area contributed by atoms with Gasteiger partial charge in [-0.2, -0.15) is 0 Å². The molecule has 4 aromatic rings. The van der Waals surface area contributed by atoms with Crippen LogP contribution in [0.3, 0.4) is 0 Å². The van der Waals surface area contributed by atoms with Crippen LogP contribution < -0.4 is 11.1 Å². The zero-order valence-corrected chi connectivity index (χ0v) is 12.6. The molecule has 2 aromatic heterocycles. The summed E-state index contributed by atoms with van der Waals surface area (Å²) in [6.45, 7) is 0.493. The third kappa shape index (κ3) is 2.67. The monoisotopic (exact) mass is 322 g/mol. The third-order valence-electron chi connectivity index (χ3n) is 3.87. The van der Waals surface area contributed by atoms with Crippen LogP contribution in [0.4, 0.5) is 0 Å². The first-order chi connectivity index (χ1) is 11.7. The highest BCUT2D eigenvalue weighted by molar-refractivity contribution is 5.97. The van der Waals surface area contributed by atoms with Crippen LogP contribution in [0.2, 0.25) is 0 Å². The van der Waals surface area contributed by atoms with E-state index < -0.39 is 5.76 Å². The minimum atomic E-state index is -0.468. The lowest BCUT2D eigenvalue weighted by molar-refractivity contribution is 0.0954. The number of hydrogen-bond donors (Lipinski definition) is 3. The topological polar surface area (TPSA) is 104 Å². The Kier molecular flexibility index (Phi) is 3.38. The van der Waals surface area contributed by atoms with Gasteiger partial charge in [0.2, 0.25) is 0 Å². The van der Waals surface area contributed by atoms with Crippen LogP contribution in [0.1, 0.15) is 15.9 Å². The number of carbonyl (C=O) groups is 1. The molecule has 0 fully saturated rings. The standard InChI is InChI=1S/C17H14N4O3/c22-16(11-2-3-12-13(8-11)20-9-19-12)18-6-5-10-1-4-15-14(7-10)21-17(23)24-15/h1-4,7-9H,5-6H2,(H,18,22)(H,19,20)(H,21,23). The number of rotatable bonds is 4. The van der Waals surface area contributed by atoms with Crippen molar-refractivity contribution in [2.45, 2.75) is 6.42 Å². The molecule has 2 aromatic carbocycles. The second kappa shape index (κ2) is 5.69. The van der Waals surface area contributed by atoms with Crippen molar-refractivity contribution >= 4 is 28.0 Å². The molecule has 4 rings (SSSR count). The summed E-state index contributed by atoms with van der Waals surface area (Å²) < 4.78 is 4.96. The van der Waals surface area contributed by atoms with E-state index in [4.69, 9.17) is 4.42 Å². The number of nitrogens with one attached hydrogen (secondary N) is 3. The molecule has 0 bridgehead atoms. The molecule has 0 saturated carbocycles.